The molecule has 2 heterocycles. The fourth-order valence-corrected chi connectivity index (χ4v) is 2.69. The van der Waals surface area contributed by atoms with Crippen molar-refractivity contribution in [3.63, 3.8) is 0 Å². The molecular formula is C12H10ClN3O2S. The molecule has 19 heavy (non-hydrogen) atoms. The number of alkyl halides is 1. The lowest BCUT2D eigenvalue weighted by atomic mass is 10.1. The number of fused-ring (bicyclic) bond motifs is 1. The maximum Gasteiger partial charge on any atom is 0.241 e. The number of amides is 1. The van der Waals surface area contributed by atoms with Crippen LogP contribution in [0.25, 0.3) is 10.6 Å². The van der Waals surface area contributed by atoms with Gasteiger partial charge in [0.15, 0.2) is 0 Å². The van der Waals surface area contributed by atoms with Gasteiger partial charge in [-0.2, -0.15) is 0 Å². The predicted octanol–water partition coefficient (Wildman–Crippen LogP) is 2.32. The van der Waals surface area contributed by atoms with Crippen LogP contribution in [-0.2, 0) is 11.2 Å². The van der Waals surface area contributed by atoms with Gasteiger partial charge in [0.05, 0.1) is 6.61 Å². The molecule has 0 saturated heterocycles. The lowest BCUT2D eigenvalue weighted by Crippen LogP contribution is -2.12. The Morgan fingerprint density at radius 2 is 2.37 bits per heavy atom. The number of hydrogen-bond donors (Lipinski definition) is 1. The monoisotopic (exact) mass is 295 g/mol. The normalized spacial score (nSPS) is 12.9. The van der Waals surface area contributed by atoms with Crippen LogP contribution >= 0.6 is 22.9 Å². The van der Waals surface area contributed by atoms with Gasteiger partial charge in [-0.15, -0.1) is 21.8 Å². The topological polar surface area (TPSA) is 64.1 Å². The van der Waals surface area contributed by atoms with E-state index in [0.29, 0.717) is 5.13 Å². The first-order valence-electron chi connectivity index (χ1n) is 5.71. The molecule has 0 radical (unpaired) electrons. The first-order valence-corrected chi connectivity index (χ1v) is 7.07. The first kappa shape index (κ1) is 12.4. The number of aromatic nitrogens is 2. The standard InChI is InChI=1S/C12H10ClN3O2S/c13-6-10(17)14-12-16-15-11(19-12)8-1-2-9-7(5-8)3-4-18-9/h1-2,5H,3-4,6H2,(H,14,16,17). The Hall–Kier alpha value is -1.66. The van der Waals surface area contributed by atoms with Crippen molar-refractivity contribution < 1.29 is 9.53 Å². The van der Waals surface area contributed by atoms with Crippen LogP contribution in [0.15, 0.2) is 18.2 Å². The van der Waals surface area contributed by atoms with Crippen LogP contribution in [0, 0.1) is 0 Å². The summed E-state index contributed by atoms with van der Waals surface area (Å²) in [6, 6.07) is 5.93. The molecule has 0 bridgehead atoms. The smallest absolute Gasteiger partial charge is 0.241 e. The Morgan fingerprint density at radius 1 is 1.47 bits per heavy atom. The van der Waals surface area contributed by atoms with E-state index in [1.165, 1.54) is 16.9 Å². The van der Waals surface area contributed by atoms with Crippen LogP contribution in [0.3, 0.4) is 0 Å². The molecule has 0 unspecified atom stereocenters. The number of rotatable bonds is 3. The van der Waals surface area contributed by atoms with E-state index in [1.54, 1.807) is 0 Å². The van der Waals surface area contributed by atoms with Crippen molar-refractivity contribution in [2.45, 2.75) is 6.42 Å². The molecule has 0 spiro atoms. The van der Waals surface area contributed by atoms with Crippen LogP contribution in [0.5, 0.6) is 5.75 Å². The Bertz CT molecular complexity index is 629. The molecule has 1 aliphatic rings. The number of benzene rings is 1. The van der Waals surface area contributed by atoms with E-state index in [4.69, 9.17) is 16.3 Å². The highest BCUT2D eigenvalue weighted by Crippen LogP contribution is 2.32. The van der Waals surface area contributed by atoms with Gasteiger partial charge in [-0.1, -0.05) is 11.3 Å². The van der Waals surface area contributed by atoms with E-state index in [9.17, 15) is 4.79 Å². The fraction of sp³-hybridized carbons (Fsp3) is 0.250. The maximum atomic E-state index is 11.2. The van der Waals surface area contributed by atoms with E-state index >= 15 is 0 Å². The fourth-order valence-electron chi connectivity index (χ4n) is 1.86. The molecule has 0 atom stereocenters. The number of nitrogens with one attached hydrogen (secondary N) is 1. The number of nitrogens with zero attached hydrogens (tertiary/aromatic N) is 2. The zero-order chi connectivity index (χ0) is 13.2. The van der Waals surface area contributed by atoms with Gasteiger partial charge in [0.25, 0.3) is 0 Å². The second kappa shape index (κ2) is 5.14. The molecule has 1 N–H and O–H groups in total. The molecule has 98 valence electrons. The molecule has 1 aromatic carbocycles. The Labute approximate surface area is 118 Å². The highest BCUT2D eigenvalue weighted by atomic mass is 35.5. The van der Waals surface area contributed by atoms with Gasteiger partial charge in [0.1, 0.15) is 16.6 Å². The summed E-state index contributed by atoms with van der Waals surface area (Å²) in [6.07, 6.45) is 0.915. The van der Waals surface area contributed by atoms with Crippen molar-refractivity contribution in [1.29, 1.82) is 0 Å². The lowest BCUT2D eigenvalue weighted by molar-refractivity contribution is -0.113. The molecule has 5 nitrogen and oxygen atoms in total. The third kappa shape index (κ3) is 2.54. The van der Waals surface area contributed by atoms with Crippen molar-refractivity contribution in [2.24, 2.45) is 0 Å². The van der Waals surface area contributed by atoms with Gasteiger partial charge >= 0.3 is 0 Å². The van der Waals surface area contributed by atoms with Gasteiger partial charge in [-0.3, -0.25) is 10.1 Å². The summed E-state index contributed by atoms with van der Waals surface area (Å²) in [7, 11) is 0. The highest BCUT2D eigenvalue weighted by Gasteiger charge is 2.15. The van der Waals surface area contributed by atoms with Crippen LogP contribution in [0.2, 0.25) is 0 Å². The summed E-state index contributed by atoms with van der Waals surface area (Å²) in [5, 5.41) is 11.8. The Balaban J connectivity index is 1.84. The van der Waals surface area contributed by atoms with Gasteiger partial charge in [-0.25, -0.2) is 0 Å². The minimum atomic E-state index is -0.285. The summed E-state index contributed by atoms with van der Waals surface area (Å²) < 4.78 is 5.46. The second-order valence-electron chi connectivity index (χ2n) is 4.02. The predicted molar refractivity (Wildman–Crippen MR) is 73.9 cm³/mol. The highest BCUT2D eigenvalue weighted by molar-refractivity contribution is 7.18. The van der Waals surface area contributed by atoms with Crippen molar-refractivity contribution >= 4 is 34.0 Å². The molecule has 0 fully saturated rings. The van der Waals surface area contributed by atoms with Crippen LogP contribution in [0.1, 0.15) is 5.56 Å². The second-order valence-corrected chi connectivity index (χ2v) is 5.26. The van der Waals surface area contributed by atoms with Crippen molar-refractivity contribution in [2.75, 3.05) is 17.8 Å². The van der Waals surface area contributed by atoms with E-state index in [2.05, 4.69) is 21.6 Å². The van der Waals surface area contributed by atoms with E-state index in [0.717, 1.165) is 29.3 Å². The number of ether oxygens (including phenoxy) is 1. The third-order valence-electron chi connectivity index (χ3n) is 2.73. The number of carbonyl (C=O) groups is 1. The first-order chi connectivity index (χ1) is 9.26. The van der Waals surface area contributed by atoms with E-state index in [1.807, 2.05) is 12.1 Å². The molecule has 0 saturated carbocycles. The number of carbonyl (C=O) groups excluding carboxylic acids is 1. The van der Waals surface area contributed by atoms with E-state index in [-0.39, 0.29) is 11.8 Å². The lowest BCUT2D eigenvalue weighted by Gasteiger charge is -2.00. The number of anilines is 1. The summed E-state index contributed by atoms with van der Waals surface area (Å²) in [5.74, 6) is 0.557. The van der Waals surface area contributed by atoms with Crippen molar-refractivity contribution in [1.82, 2.24) is 10.2 Å². The Kier molecular flexibility index (Phi) is 3.35. The maximum absolute atomic E-state index is 11.2. The summed E-state index contributed by atoms with van der Waals surface area (Å²) in [4.78, 5) is 11.2. The van der Waals surface area contributed by atoms with E-state index < -0.39 is 0 Å². The average molecular weight is 296 g/mol. The van der Waals surface area contributed by atoms with Gasteiger partial charge < -0.3 is 4.74 Å². The van der Waals surface area contributed by atoms with Gasteiger partial charge in [-0.05, 0) is 23.8 Å². The minimum Gasteiger partial charge on any atom is -0.493 e. The summed E-state index contributed by atoms with van der Waals surface area (Å²) in [6.45, 7) is 0.728. The van der Waals surface area contributed by atoms with Crippen LogP contribution < -0.4 is 10.1 Å². The quantitative estimate of drug-likeness (QED) is 0.883. The molecule has 2 aromatic rings. The number of halogens is 1. The molecule has 0 aliphatic carbocycles. The summed E-state index contributed by atoms with van der Waals surface area (Å²) in [5.41, 5.74) is 2.16. The molecular weight excluding hydrogens is 286 g/mol. The largest absolute Gasteiger partial charge is 0.493 e. The van der Waals surface area contributed by atoms with Crippen molar-refractivity contribution in [3.05, 3.63) is 23.8 Å². The van der Waals surface area contributed by atoms with Crippen LogP contribution in [0.4, 0.5) is 5.13 Å². The van der Waals surface area contributed by atoms with Crippen molar-refractivity contribution in [3.8, 4) is 16.3 Å². The zero-order valence-corrected chi connectivity index (χ0v) is 11.4. The number of hydrogen-bond acceptors (Lipinski definition) is 5. The Morgan fingerprint density at radius 3 is 3.21 bits per heavy atom. The van der Waals surface area contributed by atoms with Crippen LogP contribution in [-0.4, -0.2) is 28.6 Å². The molecule has 1 aromatic heterocycles. The SMILES string of the molecule is O=C(CCl)Nc1nnc(-c2ccc3c(c2)CCO3)s1. The minimum absolute atomic E-state index is 0.0922. The third-order valence-corrected chi connectivity index (χ3v) is 3.86. The van der Waals surface area contributed by atoms with Gasteiger partial charge in [0.2, 0.25) is 11.0 Å². The average Bonchev–Trinajstić information content (AvgIpc) is 3.05. The summed E-state index contributed by atoms with van der Waals surface area (Å²) >= 11 is 6.74. The molecule has 3 rings (SSSR count). The molecule has 1 amide bonds. The molecule has 1 aliphatic heterocycles. The zero-order valence-electron chi connectivity index (χ0n) is 9.85. The van der Waals surface area contributed by atoms with Gasteiger partial charge in [0, 0.05) is 12.0 Å². The molecule has 7 heteroatoms.